The largest absolute Gasteiger partial charge is 0.494 e. The summed E-state index contributed by atoms with van der Waals surface area (Å²) in [6.45, 7) is -3.43. The first-order valence-corrected chi connectivity index (χ1v) is 9.42. The number of rotatable bonds is 6. The van der Waals surface area contributed by atoms with Gasteiger partial charge in [0.1, 0.15) is 5.75 Å². The molecule has 0 spiro atoms. The van der Waals surface area contributed by atoms with Gasteiger partial charge in [0.15, 0.2) is 5.88 Å². The maximum Gasteiger partial charge on any atom is 0.408 e. The number of alkyl carbamates (subject to hydrolysis) is 1. The molecular formula is C22H19F2N3O6. The standard InChI is InChI=1S/C22H19F2N3O6/c1-31-19(29)22(26-21(30)32-2,8-7-14-4-3-9-25-11-14)13-27-12-15-5-6-16(33-20(23)24)10-17(15)18(27)28/h3-6,9-12,20,28H,13H2,1-2H3,(H,26,30)/t22-/m1/s1. The van der Waals surface area contributed by atoms with Crippen molar-refractivity contribution in [3.05, 3.63) is 54.5 Å². The van der Waals surface area contributed by atoms with Crippen LogP contribution >= 0.6 is 0 Å². The number of aromatic hydroxyl groups is 1. The van der Waals surface area contributed by atoms with Gasteiger partial charge in [0.25, 0.3) is 0 Å². The summed E-state index contributed by atoms with van der Waals surface area (Å²) < 4.78 is 40.2. The molecule has 0 saturated carbocycles. The van der Waals surface area contributed by atoms with Crippen molar-refractivity contribution >= 4 is 22.8 Å². The molecule has 33 heavy (non-hydrogen) atoms. The van der Waals surface area contributed by atoms with Crippen molar-refractivity contribution in [2.45, 2.75) is 18.7 Å². The maximum atomic E-state index is 12.8. The number of alkyl halides is 2. The highest BCUT2D eigenvalue weighted by Crippen LogP contribution is 2.32. The predicted molar refractivity (Wildman–Crippen MR) is 112 cm³/mol. The van der Waals surface area contributed by atoms with E-state index in [-0.39, 0.29) is 17.0 Å². The molecule has 0 aliphatic rings. The Balaban J connectivity index is 2.09. The molecule has 0 saturated heterocycles. The second-order valence-electron chi connectivity index (χ2n) is 6.71. The van der Waals surface area contributed by atoms with Gasteiger partial charge in [-0.15, -0.1) is 0 Å². The van der Waals surface area contributed by atoms with Gasteiger partial charge in [-0.1, -0.05) is 11.8 Å². The lowest BCUT2D eigenvalue weighted by atomic mass is 9.99. The van der Waals surface area contributed by atoms with Crippen LogP contribution < -0.4 is 10.1 Å². The fraction of sp³-hybridized carbons (Fsp3) is 0.227. The highest BCUT2D eigenvalue weighted by molar-refractivity contribution is 5.91. The van der Waals surface area contributed by atoms with E-state index in [1.807, 2.05) is 0 Å². The number of pyridine rings is 1. The third kappa shape index (κ3) is 5.30. The molecule has 0 fully saturated rings. The average molecular weight is 459 g/mol. The van der Waals surface area contributed by atoms with E-state index in [4.69, 9.17) is 4.74 Å². The Morgan fingerprint density at radius 1 is 1.27 bits per heavy atom. The Morgan fingerprint density at radius 3 is 2.70 bits per heavy atom. The molecule has 0 radical (unpaired) electrons. The number of halogens is 2. The lowest BCUT2D eigenvalue weighted by Gasteiger charge is -2.27. The van der Waals surface area contributed by atoms with Crippen LogP contribution in [0.25, 0.3) is 10.8 Å². The number of esters is 1. The van der Waals surface area contributed by atoms with Gasteiger partial charge in [0, 0.05) is 34.9 Å². The summed E-state index contributed by atoms with van der Waals surface area (Å²) in [6.07, 6.45) is 3.49. The van der Waals surface area contributed by atoms with E-state index in [9.17, 15) is 23.5 Å². The Morgan fingerprint density at radius 2 is 2.06 bits per heavy atom. The molecule has 11 heteroatoms. The summed E-state index contributed by atoms with van der Waals surface area (Å²) in [5.74, 6) is 3.99. The van der Waals surface area contributed by atoms with Gasteiger partial charge in [0.2, 0.25) is 5.54 Å². The number of hydrogen-bond donors (Lipinski definition) is 2. The molecule has 1 aromatic carbocycles. The summed E-state index contributed by atoms with van der Waals surface area (Å²) in [5, 5.41) is 13.7. The van der Waals surface area contributed by atoms with Crippen LogP contribution in [0, 0.1) is 11.8 Å². The average Bonchev–Trinajstić information content (AvgIpc) is 3.11. The fourth-order valence-corrected chi connectivity index (χ4v) is 3.07. The van der Waals surface area contributed by atoms with Crippen molar-refractivity contribution < 1.29 is 37.7 Å². The fourth-order valence-electron chi connectivity index (χ4n) is 3.07. The van der Waals surface area contributed by atoms with Crippen molar-refractivity contribution in [2.24, 2.45) is 0 Å². The minimum Gasteiger partial charge on any atom is -0.494 e. The van der Waals surface area contributed by atoms with Crippen molar-refractivity contribution in [3.8, 4) is 23.5 Å². The molecule has 172 valence electrons. The number of nitrogens with one attached hydrogen (secondary N) is 1. The van der Waals surface area contributed by atoms with Gasteiger partial charge < -0.3 is 23.9 Å². The van der Waals surface area contributed by atoms with E-state index in [2.05, 4.69) is 31.6 Å². The summed E-state index contributed by atoms with van der Waals surface area (Å²) >= 11 is 0. The number of methoxy groups -OCH3 is 2. The highest BCUT2D eigenvalue weighted by Gasteiger charge is 2.41. The lowest BCUT2D eigenvalue weighted by molar-refractivity contribution is -0.146. The number of benzene rings is 1. The molecule has 0 unspecified atom stereocenters. The van der Waals surface area contributed by atoms with Gasteiger partial charge in [-0.05, 0) is 30.3 Å². The molecule has 1 atom stereocenters. The summed E-state index contributed by atoms with van der Waals surface area (Å²) in [5.41, 5.74) is -1.53. The number of hydrogen-bond acceptors (Lipinski definition) is 7. The Labute approximate surface area is 186 Å². The zero-order chi connectivity index (χ0) is 24.0. The van der Waals surface area contributed by atoms with Crippen LogP contribution in [0.2, 0.25) is 0 Å². The zero-order valence-electron chi connectivity index (χ0n) is 17.5. The van der Waals surface area contributed by atoms with Crippen LogP contribution in [0.4, 0.5) is 13.6 Å². The van der Waals surface area contributed by atoms with Crippen molar-refractivity contribution in [1.82, 2.24) is 14.9 Å². The first-order valence-electron chi connectivity index (χ1n) is 9.42. The van der Waals surface area contributed by atoms with Crippen LogP contribution in [-0.4, -0.2) is 53.1 Å². The number of carbonyl (C=O) groups is 2. The first-order chi connectivity index (χ1) is 15.8. The van der Waals surface area contributed by atoms with Crippen molar-refractivity contribution in [1.29, 1.82) is 0 Å². The maximum absolute atomic E-state index is 12.8. The molecular weight excluding hydrogens is 440 g/mol. The number of carbonyl (C=O) groups excluding carboxylic acids is 2. The molecule has 2 heterocycles. The van der Waals surface area contributed by atoms with Gasteiger partial charge >= 0.3 is 18.7 Å². The molecule has 2 N–H and O–H groups in total. The summed E-state index contributed by atoms with van der Waals surface area (Å²) in [7, 11) is 2.22. The summed E-state index contributed by atoms with van der Waals surface area (Å²) in [6, 6.07) is 7.27. The second kappa shape index (κ2) is 9.86. The van der Waals surface area contributed by atoms with Crippen LogP contribution in [0.15, 0.2) is 48.9 Å². The Hall–Kier alpha value is -4.33. The number of ether oxygens (including phenoxy) is 3. The van der Waals surface area contributed by atoms with E-state index in [0.717, 1.165) is 14.2 Å². The van der Waals surface area contributed by atoms with E-state index >= 15 is 0 Å². The molecule has 0 aliphatic carbocycles. The summed E-state index contributed by atoms with van der Waals surface area (Å²) in [4.78, 5) is 28.8. The molecule has 2 aromatic heterocycles. The van der Waals surface area contributed by atoms with E-state index < -0.39 is 30.8 Å². The van der Waals surface area contributed by atoms with E-state index in [1.54, 1.807) is 18.3 Å². The third-order valence-corrected chi connectivity index (χ3v) is 4.58. The van der Waals surface area contributed by atoms with Crippen LogP contribution in [-0.2, 0) is 20.8 Å². The SMILES string of the molecule is COC(=O)N[C@](C#Cc1cccnc1)(Cn1cc2ccc(OC(F)F)cc2c1O)C(=O)OC. The quantitative estimate of drug-likeness (QED) is 0.431. The molecule has 9 nitrogen and oxygen atoms in total. The number of nitrogens with zero attached hydrogens (tertiary/aromatic N) is 2. The van der Waals surface area contributed by atoms with Gasteiger partial charge in [-0.25, -0.2) is 9.59 Å². The normalized spacial score (nSPS) is 12.4. The monoisotopic (exact) mass is 459 g/mol. The van der Waals surface area contributed by atoms with Gasteiger partial charge in [-0.3, -0.25) is 10.3 Å². The van der Waals surface area contributed by atoms with Crippen molar-refractivity contribution in [2.75, 3.05) is 14.2 Å². The Kier molecular flexibility index (Phi) is 6.97. The minimum absolute atomic E-state index is 0.158. The number of fused-ring (bicyclic) bond motifs is 1. The van der Waals surface area contributed by atoms with Crippen LogP contribution in [0.1, 0.15) is 5.56 Å². The minimum atomic E-state index is -3.04. The third-order valence-electron chi connectivity index (χ3n) is 4.58. The zero-order valence-corrected chi connectivity index (χ0v) is 17.5. The topological polar surface area (TPSA) is 112 Å². The Bertz CT molecular complexity index is 1220. The second-order valence-corrected chi connectivity index (χ2v) is 6.71. The first kappa shape index (κ1) is 23.3. The van der Waals surface area contributed by atoms with Gasteiger partial charge in [0.05, 0.1) is 20.8 Å². The van der Waals surface area contributed by atoms with Crippen molar-refractivity contribution in [3.63, 3.8) is 0 Å². The highest BCUT2D eigenvalue weighted by atomic mass is 19.3. The number of amides is 1. The van der Waals surface area contributed by atoms with Crippen LogP contribution in [0.5, 0.6) is 11.6 Å². The lowest BCUT2D eigenvalue weighted by Crippen LogP contribution is -2.56. The smallest absolute Gasteiger partial charge is 0.408 e. The molecule has 1 amide bonds. The molecule has 0 aliphatic heterocycles. The molecule has 3 aromatic rings. The van der Waals surface area contributed by atoms with Gasteiger partial charge in [-0.2, -0.15) is 8.78 Å². The molecule has 3 rings (SSSR count). The molecule has 0 bridgehead atoms. The predicted octanol–water partition coefficient (Wildman–Crippen LogP) is 2.66. The number of aromatic nitrogens is 2. The van der Waals surface area contributed by atoms with E-state index in [1.165, 1.54) is 35.2 Å². The van der Waals surface area contributed by atoms with Crippen LogP contribution in [0.3, 0.4) is 0 Å². The van der Waals surface area contributed by atoms with E-state index in [0.29, 0.717) is 10.9 Å².